The summed E-state index contributed by atoms with van der Waals surface area (Å²) < 4.78 is 40.0. The molecule has 6 nitrogen and oxygen atoms in total. The third kappa shape index (κ3) is 4.51. The van der Waals surface area contributed by atoms with Crippen LogP contribution in [0.1, 0.15) is 23.7 Å². The zero-order valence-corrected chi connectivity index (χ0v) is 14.7. The zero-order chi connectivity index (χ0) is 17.2. The second-order valence-corrected chi connectivity index (χ2v) is 7.49. The maximum atomic E-state index is 12.8. The van der Waals surface area contributed by atoms with Crippen molar-refractivity contribution in [2.24, 2.45) is 5.92 Å². The summed E-state index contributed by atoms with van der Waals surface area (Å²) in [5.74, 6) is -2.29. The lowest BCUT2D eigenvalue weighted by Gasteiger charge is -2.20. The van der Waals surface area contributed by atoms with E-state index in [1.54, 1.807) is 19.1 Å². The number of carbonyl (C=O) groups excluding carboxylic acids is 2. The lowest BCUT2D eigenvalue weighted by Crippen LogP contribution is -2.27. The summed E-state index contributed by atoms with van der Waals surface area (Å²) in [4.78, 5) is 25.5. The molecule has 1 unspecified atom stereocenters. The Morgan fingerprint density at radius 3 is 2.78 bits per heavy atom. The number of hydrogen-bond acceptors (Lipinski definition) is 5. The number of nitrogens with zero attached hydrogens (tertiary/aromatic N) is 1. The predicted octanol–water partition coefficient (Wildman–Crippen LogP) is 2.28. The van der Waals surface area contributed by atoms with Gasteiger partial charge in [0.05, 0.1) is 23.6 Å². The molecule has 0 spiro atoms. The molecule has 1 fully saturated rings. The second-order valence-electron chi connectivity index (χ2n) is 5.16. The molecule has 0 bridgehead atoms. The van der Waals surface area contributed by atoms with Gasteiger partial charge in [-0.05, 0) is 25.1 Å². The molecular formula is C14H15BrFNO5S. The van der Waals surface area contributed by atoms with Gasteiger partial charge in [-0.15, -0.1) is 3.89 Å². The number of rotatable bonds is 5. The summed E-state index contributed by atoms with van der Waals surface area (Å²) in [6.45, 7) is 1.89. The number of amides is 1. The summed E-state index contributed by atoms with van der Waals surface area (Å²) in [5.41, 5.74) is 0.522. The van der Waals surface area contributed by atoms with E-state index in [1.165, 1.54) is 11.0 Å². The molecule has 2 rings (SSSR count). The first kappa shape index (κ1) is 17.9. The minimum Gasteiger partial charge on any atom is -0.462 e. The van der Waals surface area contributed by atoms with Gasteiger partial charge in [0.25, 0.3) is 0 Å². The number of benzene rings is 1. The van der Waals surface area contributed by atoms with E-state index in [0.717, 1.165) is 0 Å². The van der Waals surface area contributed by atoms with Gasteiger partial charge in [-0.3, -0.25) is 4.79 Å². The molecule has 1 aromatic rings. The standard InChI is InChI=1S/C14H15BrFNO5S/c1-2-22-14(19)11-6-10(15)3-4-12(11)17-7-9(5-13(17)18)8-23(16,20)21/h3-4,6,9H,2,5,7-8H2,1H3. The summed E-state index contributed by atoms with van der Waals surface area (Å²) in [5, 5.41) is 0. The molecule has 1 heterocycles. The van der Waals surface area contributed by atoms with Crippen LogP contribution in [0, 0.1) is 5.92 Å². The monoisotopic (exact) mass is 407 g/mol. The van der Waals surface area contributed by atoms with Crippen LogP contribution in [0.25, 0.3) is 0 Å². The first-order valence-electron chi connectivity index (χ1n) is 6.90. The quantitative estimate of drug-likeness (QED) is 0.552. The van der Waals surface area contributed by atoms with Gasteiger partial charge in [0.1, 0.15) is 0 Å². The zero-order valence-electron chi connectivity index (χ0n) is 12.3. The van der Waals surface area contributed by atoms with Crippen LogP contribution in [0.5, 0.6) is 0 Å². The van der Waals surface area contributed by atoms with Crippen molar-refractivity contribution in [2.75, 3.05) is 23.8 Å². The highest BCUT2D eigenvalue weighted by Gasteiger charge is 2.35. The number of halogens is 2. The molecule has 0 N–H and O–H groups in total. The van der Waals surface area contributed by atoms with Crippen LogP contribution in [0.15, 0.2) is 22.7 Å². The van der Waals surface area contributed by atoms with Crippen LogP contribution in [0.2, 0.25) is 0 Å². The largest absolute Gasteiger partial charge is 0.462 e. The molecule has 0 radical (unpaired) electrons. The molecule has 126 valence electrons. The number of carbonyl (C=O) groups is 2. The fourth-order valence-electron chi connectivity index (χ4n) is 2.52. The first-order valence-corrected chi connectivity index (χ1v) is 9.25. The van der Waals surface area contributed by atoms with Crippen LogP contribution >= 0.6 is 15.9 Å². The minimum atomic E-state index is -4.66. The van der Waals surface area contributed by atoms with Crippen molar-refractivity contribution < 1.29 is 26.6 Å². The molecule has 1 atom stereocenters. The molecule has 1 aliphatic heterocycles. The Morgan fingerprint density at radius 1 is 1.48 bits per heavy atom. The van der Waals surface area contributed by atoms with Crippen LogP contribution in [0.4, 0.5) is 9.57 Å². The van der Waals surface area contributed by atoms with Gasteiger partial charge in [-0.2, -0.15) is 8.42 Å². The summed E-state index contributed by atoms with van der Waals surface area (Å²) >= 11 is 3.25. The van der Waals surface area contributed by atoms with Gasteiger partial charge < -0.3 is 9.64 Å². The van der Waals surface area contributed by atoms with E-state index in [9.17, 15) is 21.9 Å². The maximum Gasteiger partial charge on any atom is 0.340 e. The smallest absolute Gasteiger partial charge is 0.340 e. The van der Waals surface area contributed by atoms with Gasteiger partial charge in [0.2, 0.25) is 5.91 Å². The van der Waals surface area contributed by atoms with Crippen molar-refractivity contribution in [1.82, 2.24) is 0 Å². The fraction of sp³-hybridized carbons (Fsp3) is 0.429. The van der Waals surface area contributed by atoms with Crippen molar-refractivity contribution in [3.8, 4) is 0 Å². The summed E-state index contributed by atoms with van der Waals surface area (Å²) in [7, 11) is -4.66. The topological polar surface area (TPSA) is 80.8 Å². The minimum absolute atomic E-state index is 0.0377. The number of ether oxygens (including phenoxy) is 1. The summed E-state index contributed by atoms with van der Waals surface area (Å²) in [6, 6.07) is 4.75. The molecule has 1 aliphatic rings. The van der Waals surface area contributed by atoms with Crippen molar-refractivity contribution in [3.63, 3.8) is 0 Å². The lowest BCUT2D eigenvalue weighted by atomic mass is 10.1. The van der Waals surface area contributed by atoms with E-state index in [2.05, 4.69) is 15.9 Å². The van der Waals surface area contributed by atoms with Crippen molar-refractivity contribution in [2.45, 2.75) is 13.3 Å². The average Bonchev–Trinajstić information content (AvgIpc) is 2.77. The number of esters is 1. The molecule has 9 heteroatoms. The van der Waals surface area contributed by atoms with E-state index < -0.39 is 27.9 Å². The van der Waals surface area contributed by atoms with Gasteiger partial charge in [0.15, 0.2) is 0 Å². The van der Waals surface area contributed by atoms with E-state index in [1.807, 2.05) is 0 Å². The van der Waals surface area contributed by atoms with Gasteiger partial charge in [-0.25, -0.2) is 4.79 Å². The highest BCUT2D eigenvalue weighted by Crippen LogP contribution is 2.31. The number of hydrogen-bond donors (Lipinski definition) is 0. The number of anilines is 1. The first-order chi connectivity index (χ1) is 10.7. The molecule has 0 aromatic heterocycles. The SMILES string of the molecule is CCOC(=O)c1cc(Br)ccc1N1CC(CS(=O)(=O)F)CC1=O. The fourth-order valence-corrected chi connectivity index (χ4v) is 3.67. The molecule has 0 saturated carbocycles. The Morgan fingerprint density at radius 2 is 2.17 bits per heavy atom. The molecule has 1 saturated heterocycles. The Hall–Kier alpha value is -1.48. The third-order valence-corrected chi connectivity index (χ3v) is 4.75. The average molecular weight is 408 g/mol. The van der Waals surface area contributed by atoms with Gasteiger partial charge in [0, 0.05) is 23.4 Å². The highest BCUT2D eigenvalue weighted by molar-refractivity contribution is 9.10. The Labute approximate surface area is 141 Å². The second kappa shape index (κ2) is 6.96. The van der Waals surface area contributed by atoms with E-state index >= 15 is 0 Å². The maximum absolute atomic E-state index is 12.8. The van der Waals surface area contributed by atoms with E-state index in [4.69, 9.17) is 4.74 Å². The molecule has 1 amide bonds. The van der Waals surface area contributed by atoms with Crippen LogP contribution in [-0.2, 0) is 19.8 Å². The van der Waals surface area contributed by atoms with Crippen molar-refractivity contribution in [3.05, 3.63) is 28.2 Å². The van der Waals surface area contributed by atoms with Crippen LogP contribution < -0.4 is 4.90 Å². The summed E-state index contributed by atoms with van der Waals surface area (Å²) in [6.07, 6.45) is -0.0819. The van der Waals surface area contributed by atoms with Crippen molar-refractivity contribution in [1.29, 1.82) is 0 Å². The van der Waals surface area contributed by atoms with E-state index in [0.29, 0.717) is 10.2 Å². The molecular weight excluding hydrogens is 393 g/mol. The Balaban J connectivity index is 2.31. The molecule has 23 heavy (non-hydrogen) atoms. The van der Waals surface area contributed by atoms with Gasteiger partial charge >= 0.3 is 16.2 Å². The third-order valence-electron chi connectivity index (χ3n) is 3.38. The Bertz CT molecular complexity index is 737. The normalized spacial score (nSPS) is 18.3. The van der Waals surface area contributed by atoms with Crippen molar-refractivity contribution >= 4 is 43.7 Å². The molecule has 0 aliphatic carbocycles. The predicted molar refractivity (Wildman–Crippen MR) is 85.5 cm³/mol. The van der Waals surface area contributed by atoms with Gasteiger partial charge in [-0.1, -0.05) is 15.9 Å². The lowest BCUT2D eigenvalue weighted by molar-refractivity contribution is -0.117. The highest BCUT2D eigenvalue weighted by atomic mass is 79.9. The van der Waals surface area contributed by atoms with Crippen LogP contribution in [0.3, 0.4) is 0 Å². The van der Waals surface area contributed by atoms with Crippen LogP contribution in [-0.4, -0.2) is 39.2 Å². The Kier molecular flexibility index (Phi) is 5.41. The van der Waals surface area contributed by atoms with E-state index in [-0.39, 0.29) is 31.0 Å². The molecule has 1 aromatic carbocycles.